The van der Waals surface area contributed by atoms with E-state index in [9.17, 15) is 0 Å². The number of benzene rings is 1. The Bertz CT molecular complexity index is 672. The van der Waals surface area contributed by atoms with Crippen LogP contribution in [0.4, 0.5) is 0 Å². The molecule has 1 unspecified atom stereocenters. The topological polar surface area (TPSA) is 78.6 Å². The molecule has 2 aromatic rings. The summed E-state index contributed by atoms with van der Waals surface area (Å²) in [6.07, 6.45) is 0. The van der Waals surface area contributed by atoms with Crippen molar-refractivity contribution in [1.29, 1.82) is 0 Å². The molecule has 0 aliphatic heterocycles. The lowest BCUT2D eigenvalue weighted by atomic mass is 10.1. The van der Waals surface area contributed by atoms with E-state index in [-0.39, 0.29) is 30.0 Å². The lowest BCUT2D eigenvalue weighted by molar-refractivity contribution is 0.219. The molecule has 2 rings (SSSR count). The Morgan fingerprint density at radius 2 is 1.85 bits per heavy atom. The van der Waals surface area contributed by atoms with Crippen LogP contribution in [0.1, 0.15) is 44.1 Å². The Balaban J connectivity index is 0.00000364. The van der Waals surface area contributed by atoms with Crippen LogP contribution in [0.3, 0.4) is 0 Å². The fourth-order valence-electron chi connectivity index (χ4n) is 2.89. The van der Waals surface area contributed by atoms with E-state index < -0.39 is 0 Å². The van der Waals surface area contributed by atoms with Gasteiger partial charge in [0.05, 0.1) is 6.04 Å². The molecule has 0 aliphatic carbocycles. The van der Waals surface area contributed by atoms with Crippen molar-refractivity contribution in [1.82, 2.24) is 25.7 Å². The average Bonchev–Trinajstić information content (AvgIpc) is 3.09. The summed E-state index contributed by atoms with van der Waals surface area (Å²) in [4.78, 5) is 11.2. The van der Waals surface area contributed by atoms with Crippen LogP contribution in [0.2, 0.25) is 0 Å². The first-order chi connectivity index (χ1) is 12.7. The van der Waals surface area contributed by atoms with Crippen LogP contribution in [0.25, 0.3) is 0 Å². The van der Waals surface area contributed by atoms with Crippen molar-refractivity contribution in [3.05, 3.63) is 47.6 Å². The first-order valence-electron chi connectivity index (χ1n) is 9.28. The number of aryl methyl sites for hydroxylation is 1. The predicted molar refractivity (Wildman–Crippen MR) is 119 cm³/mol. The SMILES string of the molecule is CCNC(=NCc1noc(C)n1)NCC(c1ccccc1)N(CC)CC.I. The molecule has 27 heavy (non-hydrogen) atoms. The van der Waals surface area contributed by atoms with Crippen LogP contribution in [0.5, 0.6) is 0 Å². The molecule has 0 aliphatic rings. The third-order valence-electron chi connectivity index (χ3n) is 4.19. The van der Waals surface area contributed by atoms with Gasteiger partial charge in [-0.2, -0.15) is 4.98 Å². The van der Waals surface area contributed by atoms with E-state index in [0.717, 1.165) is 32.1 Å². The molecule has 2 N–H and O–H groups in total. The summed E-state index contributed by atoms with van der Waals surface area (Å²) >= 11 is 0. The van der Waals surface area contributed by atoms with Gasteiger partial charge in [-0.1, -0.05) is 49.3 Å². The van der Waals surface area contributed by atoms with E-state index in [1.807, 2.05) is 0 Å². The van der Waals surface area contributed by atoms with Crippen molar-refractivity contribution in [2.24, 2.45) is 4.99 Å². The normalized spacial score (nSPS) is 12.6. The van der Waals surface area contributed by atoms with Crippen LogP contribution in [-0.2, 0) is 6.54 Å². The van der Waals surface area contributed by atoms with Gasteiger partial charge < -0.3 is 15.2 Å². The van der Waals surface area contributed by atoms with Crippen molar-refractivity contribution in [3.8, 4) is 0 Å². The molecule has 0 fully saturated rings. The number of aromatic nitrogens is 2. The molecule has 1 aromatic carbocycles. The van der Waals surface area contributed by atoms with E-state index in [0.29, 0.717) is 18.3 Å². The molecule has 0 radical (unpaired) electrons. The van der Waals surface area contributed by atoms with Gasteiger partial charge in [0, 0.05) is 20.0 Å². The van der Waals surface area contributed by atoms with Crippen LogP contribution >= 0.6 is 24.0 Å². The molecule has 0 spiro atoms. The summed E-state index contributed by atoms with van der Waals surface area (Å²) in [6, 6.07) is 10.9. The molecule has 1 atom stereocenters. The van der Waals surface area contributed by atoms with Crippen molar-refractivity contribution < 1.29 is 4.52 Å². The summed E-state index contributed by atoms with van der Waals surface area (Å²) in [7, 11) is 0. The van der Waals surface area contributed by atoms with Gasteiger partial charge in [-0.15, -0.1) is 24.0 Å². The van der Waals surface area contributed by atoms with E-state index in [1.54, 1.807) is 6.92 Å². The van der Waals surface area contributed by atoms with Crippen LogP contribution in [0.15, 0.2) is 39.8 Å². The molecule has 1 heterocycles. The van der Waals surface area contributed by atoms with Gasteiger partial charge >= 0.3 is 0 Å². The molecule has 0 saturated carbocycles. The van der Waals surface area contributed by atoms with Crippen LogP contribution < -0.4 is 10.6 Å². The van der Waals surface area contributed by atoms with Gasteiger partial charge in [0.25, 0.3) is 0 Å². The molecule has 150 valence electrons. The molecule has 0 amide bonds. The summed E-state index contributed by atoms with van der Waals surface area (Å²) < 4.78 is 5.00. The second-order valence-electron chi connectivity index (χ2n) is 5.95. The third kappa shape index (κ3) is 7.45. The number of nitrogens with zero attached hydrogens (tertiary/aromatic N) is 4. The molecule has 1 aromatic heterocycles. The van der Waals surface area contributed by atoms with E-state index >= 15 is 0 Å². The minimum Gasteiger partial charge on any atom is -0.357 e. The minimum absolute atomic E-state index is 0. The highest BCUT2D eigenvalue weighted by Crippen LogP contribution is 2.19. The van der Waals surface area contributed by atoms with Gasteiger partial charge in [0.1, 0.15) is 6.54 Å². The van der Waals surface area contributed by atoms with Crippen molar-refractivity contribution >= 4 is 29.9 Å². The highest BCUT2D eigenvalue weighted by Gasteiger charge is 2.18. The van der Waals surface area contributed by atoms with Gasteiger partial charge in [0.15, 0.2) is 11.8 Å². The van der Waals surface area contributed by atoms with E-state index in [1.165, 1.54) is 5.56 Å². The lowest BCUT2D eigenvalue weighted by Gasteiger charge is -2.30. The number of hydrogen-bond donors (Lipinski definition) is 2. The zero-order valence-electron chi connectivity index (χ0n) is 16.6. The number of aliphatic imine (C=N–C) groups is 1. The Morgan fingerprint density at radius 1 is 1.15 bits per heavy atom. The highest BCUT2D eigenvalue weighted by molar-refractivity contribution is 14.0. The number of halogens is 1. The standard InChI is InChI=1S/C19H30N6O.HI/c1-5-20-19(22-14-18-23-15(4)26-24-18)21-13-17(25(6-2)7-3)16-11-9-8-10-12-16;/h8-12,17H,5-7,13-14H2,1-4H3,(H2,20,21,22);1H. The zero-order valence-corrected chi connectivity index (χ0v) is 18.9. The van der Waals surface area contributed by atoms with Gasteiger partial charge in [0.2, 0.25) is 5.89 Å². The Morgan fingerprint density at radius 3 is 2.41 bits per heavy atom. The quantitative estimate of drug-likeness (QED) is 0.322. The highest BCUT2D eigenvalue weighted by atomic mass is 127. The number of nitrogens with one attached hydrogen (secondary N) is 2. The minimum atomic E-state index is 0. The third-order valence-corrected chi connectivity index (χ3v) is 4.19. The number of guanidine groups is 1. The largest absolute Gasteiger partial charge is 0.357 e. The molecule has 8 heteroatoms. The van der Waals surface area contributed by atoms with Gasteiger partial charge in [-0.05, 0) is 25.6 Å². The average molecular weight is 486 g/mol. The summed E-state index contributed by atoms with van der Waals surface area (Å²) in [5.41, 5.74) is 1.30. The Kier molecular flexibility index (Phi) is 11.0. The first-order valence-corrected chi connectivity index (χ1v) is 9.28. The number of likely N-dealkylation sites (N-methyl/N-ethyl adjacent to an activating group) is 1. The fraction of sp³-hybridized carbons (Fsp3) is 0.526. The number of rotatable bonds is 9. The van der Waals surface area contributed by atoms with E-state index in [4.69, 9.17) is 4.52 Å². The lowest BCUT2D eigenvalue weighted by Crippen LogP contribution is -2.43. The maximum absolute atomic E-state index is 5.00. The maximum Gasteiger partial charge on any atom is 0.223 e. The smallest absolute Gasteiger partial charge is 0.223 e. The molecule has 7 nitrogen and oxygen atoms in total. The first kappa shape index (κ1) is 23.4. The second-order valence-corrected chi connectivity index (χ2v) is 5.95. The molecule has 0 bridgehead atoms. The second kappa shape index (κ2) is 12.7. The predicted octanol–water partition coefficient (Wildman–Crippen LogP) is 3.13. The van der Waals surface area contributed by atoms with Crippen LogP contribution in [0, 0.1) is 6.92 Å². The zero-order chi connectivity index (χ0) is 18.8. The summed E-state index contributed by atoms with van der Waals surface area (Å²) in [5.74, 6) is 1.89. The molecular weight excluding hydrogens is 455 g/mol. The van der Waals surface area contributed by atoms with Crippen molar-refractivity contribution in [2.45, 2.75) is 40.3 Å². The summed E-state index contributed by atoms with van der Waals surface area (Å²) in [5, 5.41) is 10.6. The maximum atomic E-state index is 5.00. The Hall–Kier alpha value is -1.68. The van der Waals surface area contributed by atoms with Crippen molar-refractivity contribution in [3.63, 3.8) is 0 Å². The molecular formula is C19H31IN6O. The summed E-state index contributed by atoms with van der Waals surface area (Å²) in [6.45, 7) is 12.1. The van der Waals surface area contributed by atoms with Gasteiger partial charge in [-0.25, -0.2) is 4.99 Å². The van der Waals surface area contributed by atoms with Crippen LogP contribution in [-0.4, -0.2) is 47.2 Å². The molecule has 0 saturated heterocycles. The van der Waals surface area contributed by atoms with Gasteiger partial charge in [-0.3, -0.25) is 4.90 Å². The number of hydrogen-bond acceptors (Lipinski definition) is 5. The Labute approximate surface area is 179 Å². The van der Waals surface area contributed by atoms with Crippen molar-refractivity contribution in [2.75, 3.05) is 26.2 Å². The van der Waals surface area contributed by atoms with E-state index in [2.05, 4.69) is 81.8 Å². The fourth-order valence-corrected chi connectivity index (χ4v) is 2.89. The monoisotopic (exact) mass is 486 g/mol.